The quantitative estimate of drug-likeness (QED) is 0.639. The van der Waals surface area contributed by atoms with Crippen LogP contribution in [0.4, 0.5) is 5.69 Å². The number of para-hydroxylation sites is 1. The van der Waals surface area contributed by atoms with Crippen LogP contribution < -0.4 is 15.4 Å². The van der Waals surface area contributed by atoms with Gasteiger partial charge in [0.05, 0.1) is 12.3 Å². The van der Waals surface area contributed by atoms with E-state index < -0.39 is 10.0 Å². The van der Waals surface area contributed by atoms with Crippen LogP contribution in [-0.2, 0) is 14.8 Å². The fourth-order valence-corrected chi connectivity index (χ4v) is 1.80. The van der Waals surface area contributed by atoms with Gasteiger partial charge >= 0.3 is 0 Å². The molecule has 1 aromatic rings. The van der Waals surface area contributed by atoms with Crippen molar-refractivity contribution >= 4 is 21.6 Å². The van der Waals surface area contributed by atoms with Gasteiger partial charge in [-0.1, -0.05) is 18.2 Å². The molecule has 0 heterocycles. The third-order valence-corrected chi connectivity index (χ3v) is 3.59. The van der Waals surface area contributed by atoms with E-state index in [2.05, 4.69) is 15.4 Å². The minimum Gasteiger partial charge on any atom is -0.376 e. The molecule has 0 bridgehead atoms. The zero-order valence-corrected chi connectivity index (χ0v) is 11.0. The topological polar surface area (TPSA) is 87.3 Å². The highest BCUT2D eigenvalue weighted by atomic mass is 32.2. The average molecular weight is 271 g/mol. The van der Waals surface area contributed by atoms with E-state index >= 15 is 0 Å². The highest BCUT2D eigenvalue weighted by Crippen LogP contribution is 2.03. The minimum atomic E-state index is -3.27. The van der Waals surface area contributed by atoms with E-state index in [0.29, 0.717) is 0 Å². The molecule has 0 fully saturated rings. The summed E-state index contributed by atoms with van der Waals surface area (Å²) in [6.45, 7) is 0.210. The number of benzene rings is 1. The molecular weight excluding hydrogens is 254 g/mol. The van der Waals surface area contributed by atoms with Gasteiger partial charge in [-0.15, -0.1) is 0 Å². The van der Waals surface area contributed by atoms with E-state index in [4.69, 9.17) is 0 Å². The Morgan fingerprint density at radius 1 is 1.22 bits per heavy atom. The highest BCUT2D eigenvalue weighted by Gasteiger charge is 2.07. The van der Waals surface area contributed by atoms with Gasteiger partial charge in [0.25, 0.3) is 0 Å². The lowest BCUT2D eigenvalue weighted by atomic mass is 10.3. The Balaban J connectivity index is 2.23. The molecule has 3 N–H and O–H groups in total. The van der Waals surface area contributed by atoms with Gasteiger partial charge in [0.1, 0.15) is 0 Å². The Kier molecular flexibility index (Phi) is 5.60. The smallest absolute Gasteiger partial charge is 0.239 e. The molecule has 6 nitrogen and oxygen atoms in total. The third-order valence-electron chi connectivity index (χ3n) is 2.23. The van der Waals surface area contributed by atoms with Gasteiger partial charge in [0.2, 0.25) is 15.9 Å². The standard InChI is InChI=1S/C11H17N3O3S/c1-12-18(16,17)8-7-13-11(15)9-14-10-5-3-2-4-6-10/h2-6,12,14H,7-9H2,1H3,(H,13,15). The van der Waals surface area contributed by atoms with Crippen molar-refractivity contribution in [1.82, 2.24) is 10.0 Å². The first-order valence-corrected chi connectivity index (χ1v) is 7.15. The maximum atomic E-state index is 11.4. The summed E-state index contributed by atoms with van der Waals surface area (Å²) in [5.74, 6) is -0.370. The molecule has 0 aliphatic rings. The zero-order valence-electron chi connectivity index (χ0n) is 10.1. The van der Waals surface area contributed by atoms with Crippen LogP contribution in [0.5, 0.6) is 0 Å². The van der Waals surface area contributed by atoms with Gasteiger partial charge in [-0.05, 0) is 19.2 Å². The van der Waals surface area contributed by atoms with E-state index in [0.717, 1.165) is 5.69 Å². The van der Waals surface area contributed by atoms with Crippen molar-refractivity contribution in [1.29, 1.82) is 0 Å². The van der Waals surface area contributed by atoms with Crippen LogP contribution in [0, 0.1) is 0 Å². The Morgan fingerprint density at radius 3 is 2.50 bits per heavy atom. The summed E-state index contributed by atoms with van der Waals surface area (Å²) in [5, 5.41) is 5.45. The Morgan fingerprint density at radius 2 is 1.89 bits per heavy atom. The van der Waals surface area contributed by atoms with Crippen LogP contribution >= 0.6 is 0 Å². The first kappa shape index (κ1) is 14.5. The minimum absolute atomic E-state index is 0.0957. The summed E-state index contributed by atoms with van der Waals surface area (Å²) in [6.07, 6.45) is 0. The molecule has 0 aliphatic carbocycles. The molecule has 100 valence electrons. The van der Waals surface area contributed by atoms with Gasteiger partial charge in [-0.25, -0.2) is 13.1 Å². The van der Waals surface area contributed by atoms with Crippen molar-refractivity contribution in [3.63, 3.8) is 0 Å². The van der Waals surface area contributed by atoms with Crippen molar-refractivity contribution in [3.05, 3.63) is 30.3 Å². The van der Waals surface area contributed by atoms with Crippen LogP contribution in [-0.4, -0.2) is 40.2 Å². The van der Waals surface area contributed by atoms with Crippen molar-refractivity contribution in [2.75, 3.05) is 31.2 Å². The van der Waals surface area contributed by atoms with E-state index in [1.54, 1.807) is 0 Å². The van der Waals surface area contributed by atoms with Crippen molar-refractivity contribution in [2.45, 2.75) is 0 Å². The molecule has 0 saturated carbocycles. The molecule has 0 spiro atoms. The molecule has 18 heavy (non-hydrogen) atoms. The molecule has 0 unspecified atom stereocenters. The Hall–Kier alpha value is -1.60. The molecule has 0 aromatic heterocycles. The number of hydrogen-bond donors (Lipinski definition) is 3. The van der Waals surface area contributed by atoms with Crippen LogP contribution in [0.1, 0.15) is 0 Å². The average Bonchev–Trinajstić information content (AvgIpc) is 2.37. The summed E-state index contributed by atoms with van der Waals surface area (Å²) in [6, 6.07) is 9.30. The van der Waals surface area contributed by atoms with Crippen LogP contribution in [0.2, 0.25) is 0 Å². The zero-order chi connectivity index (χ0) is 13.4. The molecule has 1 rings (SSSR count). The third kappa shape index (κ3) is 5.65. The van der Waals surface area contributed by atoms with Crippen LogP contribution in [0.3, 0.4) is 0 Å². The highest BCUT2D eigenvalue weighted by molar-refractivity contribution is 7.89. The monoisotopic (exact) mass is 271 g/mol. The van der Waals surface area contributed by atoms with Crippen LogP contribution in [0.25, 0.3) is 0 Å². The normalized spacial score (nSPS) is 10.9. The van der Waals surface area contributed by atoms with Crippen molar-refractivity contribution in [3.8, 4) is 0 Å². The van der Waals surface area contributed by atoms with E-state index in [9.17, 15) is 13.2 Å². The number of carbonyl (C=O) groups is 1. The van der Waals surface area contributed by atoms with Gasteiger partial charge in [0.15, 0.2) is 0 Å². The predicted molar refractivity (Wildman–Crippen MR) is 70.8 cm³/mol. The summed E-state index contributed by atoms with van der Waals surface area (Å²) < 4.78 is 24.3. The second-order valence-corrected chi connectivity index (χ2v) is 5.64. The molecule has 1 amide bonds. The SMILES string of the molecule is CNS(=O)(=O)CCNC(=O)CNc1ccccc1. The van der Waals surface area contributed by atoms with E-state index in [-0.39, 0.29) is 24.7 Å². The summed E-state index contributed by atoms with van der Waals surface area (Å²) in [4.78, 5) is 11.4. The number of sulfonamides is 1. The number of amides is 1. The molecular formula is C11H17N3O3S. The van der Waals surface area contributed by atoms with Gasteiger partial charge < -0.3 is 10.6 Å². The lowest BCUT2D eigenvalue weighted by molar-refractivity contribution is -0.119. The van der Waals surface area contributed by atoms with Gasteiger partial charge in [-0.2, -0.15) is 0 Å². The maximum Gasteiger partial charge on any atom is 0.239 e. The maximum absolute atomic E-state index is 11.4. The fraction of sp³-hybridized carbons (Fsp3) is 0.364. The lowest BCUT2D eigenvalue weighted by Crippen LogP contribution is -2.35. The molecule has 0 radical (unpaired) electrons. The van der Waals surface area contributed by atoms with Crippen molar-refractivity contribution in [2.24, 2.45) is 0 Å². The Labute approximate surface area is 107 Å². The summed E-state index contributed by atoms with van der Waals surface area (Å²) >= 11 is 0. The number of hydrogen-bond acceptors (Lipinski definition) is 4. The number of anilines is 1. The fourth-order valence-electron chi connectivity index (χ4n) is 1.23. The molecule has 0 atom stereocenters. The second kappa shape index (κ2) is 6.97. The second-order valence-electron chi connectivity index (χ2n) is 3.59. The molecule has 1 aromatic carbocycles. The van der Waals surface area contributed by atoms with Gasteiger partial charge in [-0.3, -0.25) is 4.79 Å². The first-order valence-electron chi connectivity index (χ1n) is 5.50. The van der Waals surface area contributed by atoms with Crippen molar-refractivity contribution < 1.29 is 13.2 Å². The predicted octanol–water partition coefficient (Wildman–Crippen LogP) is -0.236. The van der Waals surface area contributed by atoms with E-state index in [1.807, 2.05) is 30.3 Å². The summed E-state index contributed by atoms with van der Waals surface area (Å²) in [7, 11) is -1.93. The van der Waals surface area contributed by atoms with Crippen LogP contribution in [0.15, 0.2) is 30.3 Å². The lowest BCUT2D eigenvalue weighted by Gasteiger charge is -2.07. The largest absolute Gasteiger partial charge is 0.376 e. The number of nitrogens with one attached hydrogen (secondary N) is 3. The number of rotatable bonds is 7. The summed E-state index contributed by atoms with van der Waals surface area (Å²) in [5.41, 5.74) is 0.843. The molecule has 7 heteroatoms. The molecule has 0 aliphatic heterocycles. The number of carbonyl (C=O) groups excluding carboxylic acids is 1. The first-order chi connectivity index (χ1) is 8.53. The Bertz CT molecular complexity index is 474. The van der Waals surface area contributed by atoms with Gasteiger partial charge in [0, 0.05) is 12.2 Å². The molecule has 0 saturated heterocycles. The van der Waals surface area contributed by atoms with E-state index in [1.165, 1.54) is 7.05 Å².